The van der Waals surface area contributed by atoms with Crippen molar-refractivity contribution in [1.82, 2.24) is 14.9 Å². The first-order chi connectivity index (χ1) is 20.6. The molecule has 1 atom stereocenters. The first kappa shape index (κ1) is 30.2. The van der Waals surface area contributed by atoms with Crippen LogP contribution in [-0.4, -0.2) is 72.8 Å². The number of nitrogens with zero attached hydrogens (tertiary/aromatic N) is 4. The number of likely N-dealkylation sites (N-methyl/N-ethyl adjacent to an activating group) is 1. The summed E-state index contributed by atoms with van der Waals surface area (Å²) in [6.07, 6.45) is 4.06. The number of carbonyl (C=O) groups is 1. The van der Waals surface area contributed by atoms with Gasteiger partial charge >= 0.3 is 0 Å². The minimum absolute atomic E-state index is 0. The number of ether oxygens (including phenoxy) is 2. The van der Waals surface area contributed by atoms with Crippen LogP contribution in [0.1, 0.15) is 37.6 Å². The molecule has 2 aliphatic heterocycles. The summed E-state index contributed by atoms with van der Waals surface area (Å²) >= 11 is 0. The Balaban J connectivity index is 0.00000368. The fraction of sp³-hybridized carbons (Fsp3) is 0.364. The number of anilines is 3. The van der Waals surface area contributed by atoms with Gasteiger partial charge in [-0.2, -0.15) is 4.98 Å². The second-order valence-corrected chi connectivity index (χ2v) is 10.5. The molecule has 6 rings (SSSR count). The summed E-state index contributed by atoms with van der Waals surface area (Å²) in [4.78, 5) is 26.7. The molecule has 0 saturated carbocycles. The Hall–Kier alpha value is -4.28. The zero-order valence-corrected chi connectivity index (χ0v) is 23.7. The van der Waals surface area contributed by atoms with Crippen molar-refractivity contribution < 1.29 is 18.7 Å². The molecule has 0 unspecified atom stereocenters. The summed E-state index contributed by atoms with van der Waals surface area (Å²) in [5.74, 6) is 0.695. The van der Waals surface area contributed by atoms with Crippen LogP contribution in [0.3, 0.4) is 0 Å². The summed E-state index contributed by atoms with van der Waals surface area (Å²) in [6.45, 7) is 7.59. The number of halogens is 1. The number of rotatable bonds is 9. The number of carbonyl (C=O) groups excluding carboxylic acids is 1. The van der Waals surface area contributed by atoms with Crippen molar-refractivity contribution in [2.75, 3.05) is 61.5 Å². The lowest BCUT2D eigenvalue weighted by molar-refractivity contribution is 0.102. The Morgan fingerprint density at radius 1 is 1.07 bits per heavy atom. The highest BCUT2D eigenvalue weighted by atomic mass is 19.1. The number of nitrogens with one attached hydrogen (secondary N) is 2. The van der Waals surface area contributed by atoms with Crippen molar-refractivity contribution in [3.63, 3.8) is 0 Å². The standard InChI is InChI=1S/C32H35FN6O3.CH4/c1-2-38-13-5-6-24(38)21-35-32-34-12-11-30(37-32)42-29-10-9-28(26-7-3-4-8-27(26)29)36-31(40)22-18-23(33)20-25(19-22)39-14-16-41-17-15-39;/h3-4,7-12,18-20,24H,2,5-6,13-17,21H2,1H3,(H,36,40)(H,34,35,37);1H4/t24-;/m0./s1. The third kappa shape index (κ3) is 7.03. The second kappa shape index (κ2) is 13.8. The lowest BCUT2D eigenvalue weighted by Crippen LogP contribution is -2.36. The van der Waals surface area contributed by atoms with E-state index in [9.17, 15) is 9.18 Å². The van der Waals surface area contributed by atoms with Gasteiger partial charge in [-0.15, -0.1) is 0 Å². The number of aromatic nitrogens is 2. The Kier molecular flexibility index (Phi) is 9.68. The van der Waals surface area contributed by atoms with Gasteiger partial charge in [0, 0.05) is 65.6 Å². The maximum Gasteiger partial charge on any atom is 0.255 e. The van der Waals surface area contributed by atoms with Crippen LogP contribution < -0.4 is 20.3 Å². The van der Waals surface area contributed by atoms with E-state index >= 15 is 0 Å². The number of likely N-dealkylation sites (tertiary alicyclic amines) is 1. The van der Waals surface area contributed by atoms with Crippen LogP contribution in [0, 0.1) is 5.82 Å². The van der Waals surface area contributed by atoms with Gasteiger partial charge in [-0.05, 0) is 56.3 Å². The van der Waals surface area contributed by atoms with Gasteiger partial charge in [0.15, 0.2) is 0 Å². The first-order valence-corrected chi connectivity index (χ1v) is 14.5. The zero-order chi connectivity index (χ0) is 28.9. The van der Waals surface area contributed by atoms with E-state index in [0.717, 1.165) is 30.4 Å². The molecule has 4 aromatic rings. The molecule has 0 aliphatic carbocycles. The number of hydrogen-bond acceptors (Lipinski definition) is 8. The summed E-state index contributed by atoms with van der Waals surface area (Å²) < 4.78 is 26.1. The van der Waals surface area contributed by atoms with E-state index in [-0.39, 0.29) is 13.0 Å². The minimum Gasteiger partial charge on any atom is -0.438 e. The van der Waals surface area contributed by atoms with E-state index in [1.54, 1.807) is 30.5 Å². The van der Waals surface area contributed by atoms with Gasteiger partial charge in [0.25, 0.3) is 5.91 Å². The van der Waals surface area contributed by atoms with Crippen LogP contribution >= 0.6 is 0 Å². The first-order valence-electron chi connectivity index (χ1n) is 14.5. The summed E-state index contributed by atoms with van der Waals surface area (Å²) in [5.41, 5.74) is 1.52. The molecule has 2 saturated heterocycles. The molecule has 43 heavy (non-hydrogen) atoms. The van der Waals surface area contributed by atoms with E-state index in [1.807, 2.05) is 29.2 Å². The summed E-state index contributed by atoms with van der Waals surface area (Å²) in [6, 6.07) is 17.9. The van der Waals surface area contributed by atoms with Crippen LogP contribution in [0.5, 0.6) is 11.6 Å². The average molecular weight is 587 g/mol. The lowest BCUT2D eigenvalue weighted by Gasteiger charge is -2.29. The molecule has 3 aromatic carbocycles. The Morgan fingerprint density at radius 3 is 2.70 bits per heavy atom. The van der Waals surface area contributed by atoms with Crippen molar-refractivity contribution in [2.45, 2.75) is 33.2 Å². The van der Waals surface area contributed by atoms with Crippen LogP contribution in [0.15, 0.2) is 66.9 Å². The van der Waals surface area contributed by atoms with Crippen LogP contribution in [-0.2, 0) is 4.74 Å². The molecule has 2 aliphatic rings. The fourth-order valence-corrected chi connectivity index (χ4v) is 5.72. The van der Waals surface area contributed by atoms with E-state index in [2.05, 4.69) is 32.4 Å². The zero-order valence-electron chi connectivity index (χ0n) is 23.7. The number of benzene rings is 3. The molecule has 0 radical (unpaired) electrons. The molecule has 0 spiro atoms. The molecule has 2 fully saturated rings. The normalized spacial score (nSPS) is 17.0. The molecule has 1 aromatic heterocycles. The number of morpholine rings is 1. The lowest BCUT2D eigenvalue weighted by atomic mass is 10.1. The Morgan fingerprint density at radius 2 is 1.88 bits per heavy atom. The molecule has 2 N–H and O–H groups in total. The second-order valence-electron chi connectivity index (χ2n) is 10.5. The fourth-order valence-electron chi connectivity index (χ4n) is 5.72. The van der Waals surface area contributed by atoms with Crippen LogP contribution in [0.25, 0.3) is 10.8 Å². The van der Waals surface area contributed by atoms with Gasteiger partial charge in [0.2, 0.25) is 11.8 Å². The average Bonchev–Trinajstić information content (AvgIpc) is 3.49. The number of fused-ring (bicyclic) bond motifs is 1. The molecule has 9 nitrogen and oxygen atoms in total. The third-order valence-electron chi connectivity index (χ3n) is 7.90. The topological polar surface area (TPSA) is 91.9 Å². The molecule has 1 amide bonds. The van der Waals surface area contributed by atoms with Crippen molar-refractivity contribution in [1.29, 1.82) is 0 Å². The van der Waals surface area contributed by atoms with Crippen molar-refractivity contribution in [3.05, 3.63) is 78.2 Å². The maximum atomic E-state index is 14.5. The van der Waals surface area contributed by atoms with Gasteiger partial charge in [-0.25, -0.2) is 9.37 Å². The number of hydrogen-bond donors (Lipinski definition) is 2. The Bertz CT molecular complexity index is 1560. The number of amides is 1. The van der Waals surface area contributed by atoms with Crippen LogP contribution in [0.2, 0.25) is 0 Å². The van der Waals surface area contributed by atoms with Gasteiger partial charge in [-0.3, -0.25) is 9.69 Å². The van der Waals surface area contributed by atoms with Gasteiger partial charge in [0.1, 0.15) is 11.6 Å². The maximum absolute atomic E-state index is 14.5. The smallest absolute Gasteiger partial charge is 0.255 e. The van der Waals surface area contributed by atoms with Crippen molar-refractivity contribution in [2.24, 2.45) is 0 Å². The highest BCUT2D eigenvalue weighted by molar-refractivity contribution is 6.10. The molecule has 10 heteroatoms. The predicted octanol–water partition coefficient (Wildman–Crippen LogP) is 6.18. The van der Waals surface area contributed by atoms with Crippen molar-refractivity contribution >= 4 is 34.0 Å². The molecular formula is C33H39FN6O3. The monoisotopic (exact) mass is 586 g/mol. The van der Waals surface area contributed by atoms with Gasteiger partial charge in [0.05, 0.1) is 13.2 Å². The van der Waals surface area contributed by atoms with E-state index in [4.69, 9.17) is 9.47 Å². The largest absolute Gasteiger partial charge is 0.438 e. The van der Waals surface area contributed by atoms with E-state index in [1.165, 1.54) is 25.0 Å². The quantitative estimate of drug-likeness (QED) is 0.240. The predicted molar refractivity (Wildman–Crippen MR) is 169 cm³/mol. The molecule has 226 valence electrons. The summed E-state index contributed by atoms with van der Waals surface area (Å²) in [5, 5.41) is 7.93. The SMILES string of the molecule is C.CCN1CCC[C@H]1CNc1nccc(Oc2ccc(NC(=O)c3cc(F)cc(N4CCOCC4)c3)c3ccccc23)n1. The minimum atomic E-state index is -0.456. The highest BCUT2D eigenvalue weighted by Gasteiger charge is 2.23. The van der Waals surface area contributed by atoms with E-state index in [0.29, 0.717) is 61.3 Å². The third-order valence-corrected chi connectivity index (χ3v) is 7.90. The van der Waals surface area contributed by atoms with E-state index < -0.39 is 11.7 Å². The van der Waals surface area contributed by atoms with Gasteiger partial charge < -0.3 is 25.0 Å². The Labute approximate surface area is 252 Å². The molecule has 3 heterocycles. The van der Waals surface area contributed by atoms with Gasteiger partial charge in [-0.1, -0.05) is 38.6 Å². The van der Waals surface area contributed by atoms with Crippen molar-refractivity contribution in [3.8, 4) is 11.6 Å². The van der Waals surface area contributed by atoms with Crippen LogP contribution in [0.4, 0.5) is 21.7 Å². The molecule has 0 bridgehead atoms. The molecular weight excluding hydrogens is 547 g/mol. The highest BCUT2D eigenvalue weighted by Crippen LogP contribution is 2.34. The summed E-state index contributed by atoms with van der Waals surface area (Å²) in [7, 11) is 0.